The van der Waals surface area contributed by atoms with Crippen LogP contribution in [0.5, 0.6) is 5.75 Å². The van der Waals surface area contributed by atoms with Gasteiger partial charge in [-0.25, -0.2) is 0 Å². The molecular weight excluding hydrogens is 214 g/mol. The molecule has 0 bridgehead atoms. The molecule has 0 atom stereocenters. The summed E-state index contributed by atoms with van der Waals surface area (Å²) in [6, 6.07) is 8.10. The molecule has 1 aliphatic rings. The molecular formula is C14H21NO2. The van der Waals surface area contributed by atoms with Crippen LogP contribution in [0.4, 0.5) is 0 Å². The molecule has 3 heteroatoms. The number of methoxy groups -OCH3 is 1. The second kappa shape index (κ2) is 5.52. The molecule has 0 amide bonds. The monoisotopic (exact) mass is 235 g/mol. The van der Waals surface area contributed by atoms with Gasteiger partial charge in [0, 0.05) is 12.0 Å². The number of ether oxygens (including phenoxy) is 1. The number of hydrogen-bond acceptors (Lipinski definition) is 3. The molecule has 2 N–H and O–H groups in total. The molecule has 0 radical (unpaired) electrons. The Balaban J connectivity index is 2.17. The number of para-hydroxylation sites is 1. The molecule has 3 nitrogen and oxygen atoms in total. The van der Waals surface area contributed by atoms with Gasteiger partial charge in [-0.05, 0) is 44.0 Å². The van der Waals surface area contributed by atoms with E-state index in [4.69, 9.17) is 4.74 Å². The van der Waals surface area contributed by atoms with Crippen LogP contribution in [0, 0.1) is 5.41 Å². The molecule has 0 saturated carbocycles. The fourth-order valence-electron chi connectivity index (χ4n) is 2.60. The standard InChI is InChI=1S/C14H21NO2/c1-17-13-5-3-2-4-12(13)10-14(11-16)6-8-15-9-7-14/h2-5,15-16H,6-11H2,1H3. The number of hydrogen-bond donors (Lipinski definition) is 2. The Morgan fingerprint density at radius 1 is 1.29 bits per heavy atom. The van der Waals surface area contributed by atoms with Crippen LogP contribution in [0.2, 0.25) is 0 Å². The van der Waals surface area contributed by atoms with E-state index in [-0.39, 0.29) is 12.0 Å². The number of piperidine rings is 1. The van der Waals surface area contributed by atoms with Gasteiger partial charge in [-0.15, -0.1) is 0 Å². The minimum Gasteiger partial charge on any atom is -0.496 e. The maximum atomic E-state index is 9.70. The highest BCUT2D eigenvalue weighted by Crippen LogP contribution is 2.35. The van der Waals surface area contributed by atoms with E-state index in [0.29, 0.717) is 0 Å². The molecule has 94 valence electrons. The van der Waals surface area contributed by atoms with Crippen molar-refractivity contribution in [2.24, 2.45) is 5.41 Å². The molecule has 1 fully saturated rings. The van der Waals surface area contributed by atoms with E-state index in [1.54, 1.807) is 7.11 Å². The number of aliphatic hydroxyl groups is 1. The third-order valence-corrected chi connectivity index (χ3v) is 3.76. The highest BCUT2D eigenvalue weighted by molar-refractivity contribution is 5.34. The Morgan fingerprint density at radius 3 is 2.65 bits per heavy atom. The van der Waals surface area contributed by atoms with Crippen LogP contribution in [0.1, 0.15) is 18.4 Å². The van der Waals surface area contributed by atoms with E-state index in [0.717, 1.165) is 38.1 Å². The van der Waals surface area contributed by atoms with Crippen molar-refractivity contribution in [2.75, 3.05) is 26.8 Å². The summed E-state index contributed by atoms with van der Waals surface area (Å²) in [4.78, 5) is 0. The van der Waals surface area contributed by atoms with Gasteiger partial charge in [0.15, 0.2) is 0 Å². The van der Waals surface area contributed by atoms with Crippen LogP contribution in [0.15, 0.2) is 24.3 Å². The van der Waals surface area contributed by atoms with Gasteiger partial charge in [0.2, 0.25) is 0 Å². The van der Waals surface area contributed by atoms with Crippen molar-refractivity contribution in [2.45, 2.75) is 19.3 Å². The van der Waals surface area contributed by atoms with E-state index in [2.05, 4.69) is 11.4 Å². The third kappa shape index (κ3) is 2.79. The summed E-state index contributed by atoms with van der Waals surface area (Å²) in [6.07, 6.45) is 2.96. The molecule has 0 unspecified atom stereocenters. The predicted molar refractivity (Wildman–Crippen MR) is 68.3 cm³/mol. The first kappa shape index (κ1) is 12.4. The summed E-state index contributed by atoms with van der Waals surface area (Å²) >= 11 is 0. The molecule has 1 aliphatic heterocycles. The molecule has 1 heterocycles. The van der Waals surface area contributed by atoms with Gasteiger partial charge < -0.3 is 15.2 Å². The summed E-state index contributed by atoms with van der Waals surface area (Å²) in [5, 5.41) is 13.0. The average Bonchev–Trinajstić information content (AvgIpc) is 2.40. The van der Waals surface area contributed by atoms with Crippen LogP contribution in [-0.4, -0.2) is 31.9 Å². The summed E-state index contributed by atoms with van der Waals surface area (Å²) in [7, 11) is 1.70. The van der Waals surface area contributed by atoms with Gasteiger partial charge in [0.05, 0.1) is 7.11 Å². The quantitative estimate of drug-likeness (QED) is 0.833. The van der Waals surface area contributed by atoms with Crippen molar-refractivity contribution in [3.8, 4) is 5.75 Å². The number of nitrogens with one attached hydrogen (secondary N) is 1. The van der Waals surface area contributed by atoms with Crippen molar-refractivity contribution in [1.29, 1.82) is 0 Å². The zero-order chi connectivity index (χ0) is 12.1. The minimum absolute atomic E-state index is 0.0277. The first-order chi connectivity index (χ1) is 8.29. The predicted octanol–water partition coefficient (Wildman–Crippen LogP) is 1.60. The largest absolute Gasteiger partial charge is 0.496 e. The maximum Gasteiger partial charge on any atom is 0.122 e. The van der Waals surface area contributed by atoms with E-state index in [1.165, 1.54) is 5.56 Å². The van der Waals surface area contributed by atoms with Crippen LogP contribution in [-0.2, 0) is 6.42 Å². The van der Waals surface area contributed by atoms with Crippen molar-refractivity contribution < 1.29 is 9.84 Å². The lowest BCUT2D eigenvalue weighted by Gasteiger charge is -2.36. The minimum atomic E-state index is 0.0277. The lowest BCUT2D eigenvalue weighted by Crippen LogP contribution is -2.40. The zero-order valence-corrected chi connectivity index (χ0v) is 10.4. The van der Waals surface area contributed by atoms with E-state index < -0.39 is 0 Å². The number of benzene rings is 1. The van der Waals surface area contributed by atoms with Gasteiger partial charge in [0.1, 0.15) is 5.75 Å². The summed E-state index contributed by atoms with van der Waals surface area (Å²) < 4.78 is 5.38. The fraction of sp³-hybridized carbons (Fsp3) is 0.571. The molecule has 1 aromatic carbocycles. The fourth-order valence-corrected chi connectivity index (χ4v) is 2.60. The Bertz CT molecular complexity index is 359. The highest BCUT2D eigenvalue weighted by Gasteiger charge is 2.32. The van der Waals surface area contributed by atoms with Crippen molar-refractivity contribution >= 4 is 0 Å². The first-order valence-electron chi connectivity index (χ1n) is 6.23. The smallest absolute Gasteiger partial charge is 0.122 e. The van der Waals surface area contributed by atoms with Crippen LogP contribution in [0.25, 0.3) is 0 Å². The van der Waals surface area contributed by atoms with Gasteiger partial charge in [-0.1, -0.05) is 18.2 Å². The molecule has 1 aromatic rings. The van der Waals surface area contributed by atoms with Crippen LogP contribution in [0.3, 0.4) is 0 Å². The summed E-state index contributed by atoms with van der Waals surface area (Å²) in [6.45, 7) is 2.25. The van der Waals surface area contributed by atoms with Crippen molar-refractivity contribution in [1.82, 2.24) is 5.32 Å². The molecule has 17 heavy (non-hydrogen) atoms. The van der Waals surface area contributed by atoms with Crippen LogP contribution >= 0.6 is 0 Å². The van der Waals surface area contributed by atoms with E-state index >= 15 is 0 Å². The number of rotatable bonds is 4. The van der Waals surface area contributed by atoms with E-state index in [1.807, 2.05) is 18.2 Å². The van der Waals surface area contributed by atoms with Crippen molar-refractivity contribution in [3.05, 3.63) is 29.8 Å². The SMILES string of the molecule is COc1ccccc1CC1(CO)CCNCC1. The third-order valence-electron chi connectivity index (χ3n) is 3.76. The second-order valence-corrected chi connectivity index (χ2v) is 4.90. The molecule has 2 rings (SSSR count). The molecule has 0 spiro atoms. The molecule has 0 aliphatic carbocycles. The topological polar surface area (TPSA) is 41.5 Å². The summed E-state index contributed by atoms with van der Waals surface area (Å²) in [5.41, 5.74) is 1.23. The molecule has 1 saturated heterocycles. The van der Waals surface area contributed by atoms with Crippen molar-refractivity contribution in [3.63, 3.8) is 0 Å². The lowest BCUT2D eigenvalue weighted by molar-refractivity contribution is 0.0887. The van der Waals surface area contributed by atoms with Gasteiger partial charge in [-0.3, -0.25) is 0 Å². The average molecular weight is 235 g/mol. The Labute approximate surface area is 103 Å². The first-order valence-corrected chi connectivity index (χ1v) is 6.23. The van der Waals surface area contributed by atoms with Gasteiger partial charge in [-0.2, -0.15) is 0 Å². The highest BCUT2D eigenvalue weighted by atomic mass is 16.5. The second-order valence-electron chi connectivity index (χ2n) is 4.90. The van der Waals surface area contributed by atoms with Crippen LogP contribution < -0.4 is 10.1 Å². The zero-order valence-electron chi connectivity index (χ0n) is 10.4. The number of aliphatic hydroxyl groups excluding tert-OH is 1. The lowest BCUT2D eigenvalue weighted by atomic mass is 9.75. The summed E-state index contributed by atoms with van der Waals surface area (Å²) in [5.74, 6) is 0.929. The maximum absolute atomic E-state index is 9.70. The normalized spacial score (nSPS) is 18.9. The van der Waals surface area contributed by atoms with E-state index in [9.17, 15) is 5.11 Å². The van der Waals surface area contributed by atoms with Gasteiger partial charge in [0.25, 0.3) is 0 Å². The Morgan fingerprint density at radius 2 is 2.00 bits per heavy atom. The van der Waals surface area contributed by atoms with Gasteiger partial charge >= 0.3 is 0 Å². The Kier molecular flexibility index (Phi) is 4.02. The Hall–Kier alpha value is -1.06. The molecule has 0 aromatic heterocycles.